The molecule has 1 saturated carbocycles. The lowest BCUT2D eigenvalue weighted by Crippen LogP contribution is -2.38. The van der Waals surface area contributed by atoms with E-state index in [-0.39, 0.29) is 0 Å². The molecule has 0 N–H and O–H groups in total. The average Bonchev–Trinajstić information content (AvgIpc) is 3.46. The Balaban J connectivity index is 1.06. The molecule has 30 heavy (non-hydrogen) atoms. The van der Waals surface area contributed by atoms with Crippen LogP contribution in [0.25, 0.3) is 11.0 Å². The van der Waals surface area contributed by atoms with Gasteiger partial charge in [0.2, 0.25) is 0 Å². The van der Waals surface area contributed by atoms with Crippen LogP contribution in [0.5, 0.6) is 0 Å². The zero-order chi connectivity index (χ0) is 20.1. The fourth-order valence-electron chi connectivity index (χ4n) is 5.41. The van der Waals surface area contributed by atoms with E-state index in [0.717, 1.165) is 30.5 Å². The number of likely N-dealkylation sites (tertiary alicyclic amines) is 1. The van der Waals surface area contributed by atoms with Crippen LogP contribution in [0.3, 0.4) is 0 Å². The highest BCUT2D eigenvalue weighted by Crippen LogP contribution is 2.49. The molecule has 0 spiro atoms. The molecule has 5 nitrogen and oxygen atoms in total. The Hall–Kier alpha value is -2.53. The highest BCUT2D eigenvalue weighted by Gasteiger charge is 2.44. The SMILES string of the molecule is Cc1ccc2c(c1)C1CC1N=C2C1CCN(CCCn2nnc3ccccc32)CC1. The Kier molecular flexibility index (Phi) is 4.45. The summed E-state index contributed by atoms with van der Waals surface area (Å²) < 4.78 is 2.05. The van der Waals surface area contributed by atoms with Gasteiger partial charge in [-0.05, 0) is 75.5 Å². The Labute approximate surface area is 177 Å². The van der Waals surface area contributed by atoms with Crippen molar-refractivity contribution in [1.29, 1.82) is 0 Å². The van der Waals surface area contributed by atoms with Gasteiger partial charge in [0.1, 0.15) is 5.52 Å². The number of para-hydroxylation sites is 1. The maximum Gasteiger partial charge on any atom is 0.113 e. The second-order valence-electron chi connectivity index (χ2n) is 9.29. The largest absolute Gasteiger partial charge is 0.303 e. The molecule has 2 aromatic carbocycles. The molecule has 3 heterocycles. The van der Waals surface area contributed by atoms with E-state index in [1.54, 1.807) is 5.56 Å². The Morgan fingerprint density at radius 1 is 1.03 bits per heavy atom. The van der Waals surface area contributed by atoms with E-state index >= 15 is 0 Å². The zero-order valence-electron chi connectivity index (χ0n) is 17.7. The standard InChI is InChI=1S/C25H29N5/c1-17-7-8-19-20(15-17)21-16-23(21)26-25(19)18-9-13-29(14-10-18)11-4-12-30-24-6-3-2-5-22(24)27-28-30/h2-3,5-8,15,18,21,23H,4,9-14,16H2,1H3. The van der Waals surface area contributed by atoms with Gasteiger partial charge in [0.25, 0.3) is 0 Å². The lowest BCUT2D eigenvalue weighted by molar-refractivity contribution is 0.203. The molecule has 2 atom stereocenters. The average molecular weight is 400 g/mol. The van der Waals surface area contributed by atoms with E-state index in [1.807, 2.05) is 16.8 Å². The Bertz CT molecular complexity index is 1110. The summed E-state index contributed by atoms with van der Waals surface area (Å²) in [5.41, 5.74) is 7.95. The third-order valence-corrected chi connectivity index (χ3v) is 7.18. The third-order valence-electron chi connectivity index (χ3n) is 7.18. The molecule has 5 heteroatoms. The minimum absolute atomic E-state index is 0.574. The number of fused-ring (bicyclic) bond motifs is 4. The van der Waals surface area contributed by atoms with Gasteiger partial charge >= 0.3 is 0 Å². The topological polar surface area (TPSA) is 46.3 Å². The molecule has 1 aliphatic carbocycles. The van der Waals surface area contributed by atoms with Crippen LogP contribution < -0.4 is 0 Å². The Morgan fingerprint density at radius 3 is 2.80 bits per heavy atom. The first-order chi connectivity index (χ1) is 14.8. The van der Waals surface area contributed by atoms with Crippen LogP contribution in [-0.4, -0.2) is 51.3 Å². The van der Waals surface area contributed by atoms with E-state index < -0.39 is 0 Å². The second kappa shape index (κ2) is 7.31. The molecule has 0 bridgehead atoms. The number of hydrogen-bond acceptors (Lipinski definition) is 4. The Morgan fingerprint density at radius 2 is 1.90 bits per heavy atom. The summed E-state index contributed by atoms with van der Waals surface area (Å²) in [5, 5.41) is 8.59. The van der Waals surface area contributed by atoms with E-state index in [0.29, 0.717) is 17.9 Å². The van der Waals surface area contributed by atoms with Gasteiger partial charge < -0.3 is 4.90 Å². The molecule has 0 amide bonds. The molecule has 1 aromatic heterocycles. The minimum Gasteiger partial charge on any atom is -0.303 e. The smallest absolute Gasteiger partial charge is 0.113 e. The molecule has 6 rings (SSSR count). The van der Waals surface area contributed by atoms with E-state index in [1.165, 1.54) is 49.2 Å². The lowest BCUT2D eigenvalue weighted by Gasteiger charge is -2.34. The van der Waals surface area contributed by atoms with Crippen LogP contribution in [0, 0.1) is 12.8 Å². The van der Waals surface area contributed by atoms with Crippen LogP contribution >= 0.6 is 0 Å². The van der Waals surface area contributed by atoms with Gasteiger partial charge in [0.15, 0.2) is 0 Å². The van der Waals surface area contributed by atoms with Gasteiger partial charge in [-0.1, -0.05) is 41.1 Å². The number of aryl methyl sites for hydroxylation is 2. The summed E-state index contributed by atoms with van der Waals surface area (Å²) in [4.78, 5) is 7.80. The maximum absolute atomic E-state index is 5.18. The first-order valence-electron chi connectivity index (χ1n) is 11.5. The fourth-order valence-corrected chi connectivity index (χ4v) is 5.41. The third kappa shape index (κ3) is 3.25. The summed E-state index contributed by atoms with van der Waals surface area (Å²) in [6, 6.07) is 15.8. The molecule has 0 radical (unpaired) electrons. The van der Waals surface area contributed by atoms with Gasteiger partial charge in [-0.15, -0.1) is 5.10 Å². The van der Waals surface area contributed by atoms with Crippen molar-refractivity contribution in [1.82, 2.24) is 19.9 Å². The predicted octanol–water partition coefficient (Wildman–Crippen LogP) is 4.20. The van der Waals surface area contributed by atoms with Crippen LogP contribution in [0.2, 0.25) is 0 Å². The van der Waals surface area contributed by atoms with Crippen molar-refractivity contribution >= 4 is 16.7 Å². The number of aromatic nitrogens is 3. The molecule has 3 aromatic rings. The monoisotopic (exact) mass is 399 g/mol. The normalized spacial score (nSPS) is 23.8. The number of aliphatic imine (C=N–C) groups is 1. The van der Waals surface area contributed by atoms with Gasteiger partial charge in [0, 0.05) is 24.1 Å². The summed E-state index contributed by atoms with van der Waals surface area (Å²) in [6.07, 6.45) is 4.84. The second-order valence-corrected chi connectivity index (χ2v) is 9.29. The van der Waals surface area contributed by atoms with Crippen molar-refractivity contribution in [3.8, 4) is 0 Å². The van der Waals surface area contributed by atoms with Crippen molar-refractivity contribution in [2.75, 3.05) is 19.6 Å². The molecule has 2 fully saturated rings. The zero-order valence-corrected chi connectivity index (χ0v) is 17.7. The molecule has 154 valence electrons. The van der Waals surface area contributed by atoms with Gasteiger partial charge in [-0.2, -0.15) is 0 Å². The predicted molar refractivity (Wildman–Crippen MR) is 120 cm³/mol. The molecular weight excluding hydrogens is 370 g/mol. The fraction of sp³-hybridized carbons (Fsp3) is 0.480. The van der Waals surface area contributed by atoms with E-state index in [4.69, 9.17) is 4.99 Å². The number of hydrogen-bond donors (Lipinski definition) is 0. The van der Waals surface area contributed by atoms with E-state index in [2.05, 4.69) is 52.5 Å². The van der Waals surface area contributed by atoms with Gasteiger partial charge in [0.05, 0.1) is 11.6 Å². The van der Waals surface area contributed by atoms with Crippen molar-refractivity contribution in [3.05, 3.63) is 59.2 Å². The molecule has 2 aliphatic heterocycles. The quantitative estimate of drug-likeness (QED) is 0.646. The highest BCUT2D eigenvalue weighted by atomic mass is 15.4. The number of nitrogens with zero attached hydrogens (tertiary/aromatic N) is 5. The van der Waals surface area contributed by atoms with Crippen LogP contribution in [0.4, 0.5) is 0 Å². The molecular formula is C25H29N5. The first-order valence-corrected chi connectivity index (χ1v) is 11.5. The summed E-state index contributed by atoms with van der Waals surface area (Å²) >= 11 is 0. The summed E-state index contributed by atoms with van der Waals surface area (Å²) in [7, 11) is 0. The summed E-state index contributed by atoms with van der Waals surface area (Å²) in [6.45, 7) is 6.63. The van der Waals surface area contributed by atoms with Crippen LogP contribution in [-0.2, 0) is 6.54 Å². The van der Waals surface area contributed by atoms with Crippen molar-refractivity contribution < 1.29 is 0 Å². The van der Waals surface area contributed by atoms with E-state index in [9.17, 15) is 0 Å². The van der Waals surface area contributed by atoms with Crippen LogP contribution in [0.1, 0.15) is 48.3 Å². The highest BCUT2D eigenvalue weighted by molar-refractivity contribution is 6.05. The van der Waals surface area contributed by atoms with Crippen LogP contribution in [0.15, 0.2) is 47.5 Å². The molecule has 3 aliphatic rings. The molecule has 1 saturated heterocycles. The molecule has 2 unspecified atom stereocenters. The number of piperidine rings is 1. The van der Waals surface area contributed by atoms with Gasteiger partial charge in [-0.25, -0.2) is 4.68 Å². The number of benzene rings is 2. The van der Waals surface area contributed by atoms with Crippen molar-refractivity contribution in [3.63, 3.8) is 0 Å². The number of rotatable bonds is 5. The van der Waals surface area contributed by atoms with Crippen molar-refractivity contribution in [2.24, 2.45) is 10.9 Å². The van der Waals surface area contributed by atoms with Gasteiger partial charge in [-0.3, -0.25) is 4.99 Å². The van der Waals surface area contributed by atoms with Crippen molar-refractivity contribution in [2.45, 2.75) is 51.1 Å². The summed E-state index contributed by atoms with van der Waals surface area (Å²) in [5.74, 6) is 1.33. The maximum atomic E-state index is 5.18. The first kappa shape index (κ1) is 18.3. The minimum atomic E-state index is 0.574. The lowest BCUT2D eigenvalue weighted by atomic mass is 9.83.